The summed E-state index contributed by atoms with van der Waals surface area (Å²) in [5.74, 6) is 0.956. The third-order valence-electron chi connectivity index (χ3n) is 4.93. The third kappa shape index (κ3) is 2.26. The quantitative estimate of drug-likeness (QED) is 0.807. The van der Waals surface area contributed by atoms with Gasteiger partial charge >= 0.3 is 0 Å². The predicted molar refractivity (Wildman–Crippen MR) is 76.6 cm³/mol. The summed E-state index contributed by atoms with van der Waals surface area (Å²) < 4.78 is 0. The molecule has 0 aliphatic heterocycles. The van der Waals surface area contributed by atoms with Crippen LogP contribution in [0.5, 0.6) is 0 Å². The van der Waals surface area contributed by atoms with Crippen molar-refractivity contribution in [2.45, 2.75) is 44.1 Å². The average Bonchev–Trinajstić information content (AvgIpc) is 3.23. The topological polar surface area (TPSA) is 29.3 Å². The van der Waals surface area contributed by atoms with Crippen molar-refractivity contribution in [3.8, 4) is 0 Å². The molecule has 2 heteroatoms. The molecule has 2 aliphatic rings. The van der Waals surface area contributed by atoms with Gasteiger partial charge in [-0.15, -0.1) is 0 Å². The molecule has 2 N–H and O–H groups in total. The number of hydrogen-bond acceptors (Lipinski definition) is 2. The van der Waals surface area contributed by atoms with Crippen LogP contribution in [0.2, 0.25) is 0 Å². The van der Waals surface area contributed by atoms with Gasteiger partial charge in [-0.3, -0.25) is 0 Å². The molecule has 1 unspecified atom stereocenters. The van der Waals surface area contributed by atoms with Crippen molar-refractivity contribution in [2.24, 2.45) is 5.92 Å². The monoisotopic (exact) mass is 244 g/mol. The van der Waals surface area contributed by atoms with Gasteiger partial charge in [0.05, 0.1) is 0 Å². The average molecular weight is 244 g/mol. The van der Waals surface area contributed by atoms with Crippen LogP contribution in [0.1, 0.15) is 38.2 Å². The van der Waals surface area contributed by atoms with Gasteiger partial charge in [-0.1, -0.05) is 12.1 Å². The predicted octanol–water partition coefficient (Wildman–Crippen LogP) is 3.03. The van der Waals surface area contributed by atoms with Crippen molar-refractivity contribution in [2.75, 3.05) is 19.3 Å². The Hall–Kier alpha value is -1.02. The molecule has 98 valence electrons. The maximum absolute atomic E-state index is 5.78. The van der Waals surface area contributed by atoms with Gasteiger partial charge in [-0.2, -0.15) is 0 Å². The van der Waals surface area contributed by atoms with Crippen LogP contribution in [0.15, 0.2) is 24.3 Å². The van der Waals surface area contributed by atoms with Crippen LogP contribution in [0.4, 0.5) is 5.69 Å². The smallest absolute Gasteiger partial charge is 0.0314 e. The molecule has 0 aromatic heterocycles. The number of likely N-dealkylation sites (N-methyl/N-ethyl adjacent to an activating group) is 1. The first kappa shape index (κ1) is 12.0. The second kappa shape index (κ2) is 4.27. The normalized spacial score (nSPS) is 23.1. The van der Waals surface area contributed by atoms with Crippen molar-refractivity contribution in [1.29, 1.82) is 0 Å². The summed E-state index contributed by atoms with van der Waals surface area (Å²) in [5.41, 5.74) is 8.55. The lowest BCUT2D eigenvalue weighted by atomic mass is 9.94. The number of rotatable bonds is 5. The van der Waals surface area contributed by atoms with Crippen LogP contribution < -0.4 is 5.73 Å². The van der Waals surface area contributed by atoms with Crippen LogP contribution in [-0.4, -0.2) is 24.5 Å². The standard InChI is InChI=1S/C16H24N2/c1-12(13-3-4-13)18(2)11-16(9-10-16)14-5-7-15(17)8-6-14/h5-8,12-13H,3-4,9-11,17H2,1-2H3. The van der Waals surface area contributed by atoms with E-state index in [1.807, 2.05) is 12.1 Å². The van der Waals surface area contributed by atoms with Gasteiger partial charge in [0.2, 0.25) is 0 Å². The Morgan fingerprint density at radius 1 is 1.28 bits per heavy atom. The first-order valence-corrected chi connectivity index (χ1v) is 7.17. The van der Waals surface area contributed by atoms with E-state index < -0.39 is 0 Å². The van der Waals surface area contributed by atoms with E-state index >= 15 is 0 Å². The lowest BCUT2D eigenvalue weighted by Crippen LogP contribution is -2.37. The zero-order chi connectivity index (χ0) is 12.8. The lowest BCUT2D eigenvalue weighted by molar-refractivity contribution is 0.214. The Morgan fingerprint density at radius 3 is 2.39 bits per heavy atom. The Bertz CT molecular complexity index is 415. The molecule has 18 heavy (non-hydrogen) atoms. The molecule has 0 amide bonds. The van der Waals surface area contributed by atoms with Gasteiger partial charge in [0.25, 0.3) is 0 Å². The van der Waals surface area contributed by atoms with Crippen molar-refractivity contribution in [1.82, 2.24) is 4.90 Å². The van der Waals surface area contributed by atoms with Gasteiger partial charge < -0.3 is 10.6 Å². The SMILES string of the molecule is CC(C1CC1)N(C)CC1(c2ccc(N)cc2)CC1. The van der Waals surface area contributed by atoms with E-state index in [0.29, 0.717) is 5.41 Å². The molecular formula is C16H24N2. The van der Waals surface area contributed by atoms with E-state index in [9.17, 15) is 0 Å². The number of nitrogen functional groups attached to an aromatic ring is 1. The van der Waals surface area contributed by atoms with Gasteiger partial charge in [-0.25, -0.2) is 0 Å². The molecule has 1 aromatic rings. The molecule has 2 nitrogen and oxygen atoms in total. The Labute approximate surface area is 110 Å². The minimum Gasteiger partial charge on any atom is -0.399 e. The first-order chi connectivity index (χ1) is 8.61. The molecule has 0 radical (unpaired) electrons. The Kier molecular flexibility index (Phi) is 2.86. The fourth-order valence-electron chi connectivity index (χ4n) is 3.09. The maximum atomic E-state index is 5.78. The zero-order valence-corrected chi connectivity index (χ0v) is 11.5. The van der Waals surface area contributed by atoms with Crippen molar-refractivity contribution >= 4 is 5.69 Å². The molecule has 0 spiro atoms. The summed E-state index contributed by atoms with van der Waals surface area (Å²) in [5, 5.41) is 0. The summed E-state index contributed by atoms with van der Waals surface area (Å²) in [7, 11) is 2.29. The van der Waals surface area contributed by atoms with Crippen LogP contribution in [-0.2, 0) is 5.41 Å². The maximum Gasteiger partial charge on any atom is 0.0314 e. The summed E-state index contributed by atoms with van der Waals surface area (Å²) in [6.45, 7) is 3.59. The van der Waals surface area contributed by atoms with Crippen molar-refractivity contribution < 1.29 is 0 Å². The van der Waals surface area contributed by atoms with E-state index in [0.717, 1.165) is 17.6 Å². The molecule has 1 aromatic carbocycles. The van der Waals surface area contributed by atoms with Crippen molar-refractivity contribution in [3.05, 3.63) is 29.8 Å². The van der Waals surface area contributed by atoms with E-state index in [1.54, 1.807) is 0 Å². The minimum absolute atomic E-state index is 0.422. The van der Waals surface area contributed by atoms with E-state index in [2.05, 4.69) is 31.0 Å². The van der Waals surface area contributed by atoms with E-state index in [1.165, 1.54) is 37.8 Å². The number of nitrogens with zero attached hydrogens (tertiary/aromatic N) is 1. The number of benzene rings is 1. The third-order valence-corrected chi connectivity index (χ3v) is 4.93. The second-order valence-electron chi connectivity index (χ2n) is 6.40. The number of anilines is 1. The molecule has 1 atom stereocenters. The van der Waals surface area contributed by atoms with Crippen LogP contribution in [0.25, 0.3) is 0 Å². The van der Waals surface area contributed by atoms with Crippen LogP contribution in [0.3, 0.4) is 0 Å². The molecule has 0 bridgehead atoms. The largest absolute Gasteiger partial charge is 0.399 e. The molecular weight excluding hydrogens is 220 g/mol. The van der Waals surface area contributed by atoms with Gasteiger partial charge in [0, 0.05) is 23.7 Å². The van der Waals surface area contributed by atoms with Crippen LogP contribution >= 0.6 is 0 Å². The van der Waals surface area contributed by atoms with Crippen LogP contribution in [0, 0.1) is 5.92 Å². The summed E-state index contributed by atoms with van der Waals surface area (Å²) in [6.07, 6.45) is 5.53. The lowest BCUT2D eigenvalue weighted by Gasteiger charge is -2.29. The number of nitrogens with two attached hydrogens (primary N) is 1. The van der Waals surface area contributed by atoms with Gasteiger partial charge in [0.15, 0.2) is 0 Å². The van der Waals surface area contributed by atoms with Gasteiger partial charge in [-0.05, 0) is 63.3 Å². The number of hydrogen-bond donors (Lipinski definition) is 1. The van der Waals surface area contributed by atoms with E-state index in [4.69, 9.17) is 5.73 Å². The second-order valence-corrected chi connectivity index (χ2v) is 6.40. The zero-order valence-electron chi connectivity index (χ0n) is 11.5. The molecule has 3 rings (SSSR count). The van der Waals surface area contributed by atoms with Gasteiger partial charge in [0.1, 0.15) is 0 Å². The Morgan fingerprint density at radius 2 is 1.89 bits per heavy atom. The highest BCUT2D eigenvalue weighted by Gasteiger charge is 2.46. The molecule has 2 saturated carbocycles. The summed E-state index contributed by atoms with van der Waals surface area (Å²) in [6, 6.07) is 9.27. The summed E-state index contributed by atoms with van der Waals surface area (Å²) >= 11 is 0. The molecule has 0 saturated heterocycles. The highest BCUT2D eigenvalue weighted by molar-refractivity contribution is 5.43. The molecule has 2 aliphatic carbocycles. The highest BCUT2D eigenvalue weighted by Crippen LogP contribution is 2.49. The molecule has 2 fully saturated rings. The molecule has 0 heterocycles. The highest BCUT2D eigenvalue weighted by atomic mass is 15.1. The first-order valence-electron chi connectivity index (χ1n) is 7.17. The minimum atomic E-state index is 0.422. The summed E-state index contributed by atoms with van der Waals surface area (Å²) in [4.78, 5) is 2.57. The van der Waals surface area contributed by atoms with Crippen molar-refractivity contribution in [3.63, 3.8) is 0 Å². The Balaban J connectivity index is 1.69. The fourth-order valence-corrected chi connectivity index (χ4v) is 3.09. The fraction of sp³-hybridized carbons (Fsp3) is 0.625. The van der Waals surface area contributed by atoms with E-state index in [-0.39, 0.29) is 0 Å².